The van der Waals surface area contributed by atoms with Crippen LogP contribution in [0.1, 0.15) is 21.5 Å². The molecular weight excluding hydrogens is 437 g/mol. The molecule has 0 aliphatic rings. The average molecular weight is 455 g/mol. The molecule has 0 radical (unpaired) electrons. The van der Waals surface area contributed by atoms with E-state index >= 15 is 0 Å². The van der Waals surface area contributed by atoms with E-state index in [4.69, 9.17) is 5.73 Å². The van der Waals surface area contributed by atoms with Crippen molar-refractivity contribution in [1.29, 1.82) is 0 Å². The average Bonchev–Trinajstić information content (AvgIpc) is 2.77. The molecule has 0 fully saturated rings. The number of hydrogen-bond donors (Lipinski definition) is 2. The number of anilines is 2. The number of alkyl halides is 3. The summed E-state index contributed by atoms with van der Waals surface area (Å²) < 4.78 is 41.6. The molecule has 0 aliphatic carbocycles. The van der Waals surface area contributed by atoms with Crippen molar-refractivity contribution in [2.45, 2.75) is 13.1 Å². The van der Waals surface area contributed by atoms with Crippen molar-refractivity contribution in [2.75, 3.05) is 11.1 Å². The summed E-state index contributed by atoms with van der Waals surface area (Å²) in [7, 11) is 1.54. The summed E-state index contributed by atoms with van der Waals surface area (Å²) >= 11 is 0. The topological polar surface area (TPSA) is 107 Å². The molecule has 0 spiro atoms. The standard InChI is InChI=1S/C22H17F3N6O2/c1-12-6-7-16(28-19(32)13-4-3-5-15(8-13)22(23,24)25)9-17(12)31-11-14-10-27-20(26)29-18(14)30(2)21(31)33/h3-11,26H,1-2H3,(H,28,32)/p+1. The fourth-order valence-electron chi connectivity index (χ4n) is 3.36. The lowest BCUT2D eigenvalue weighted by molar-refractivity contribution is -0.666. The molecule has 0 unspecified atom stereocenters. The fraction of sp³-hybridized carbons (Fsp3) is 0.136. The van der Waals surface area contributed by atoms with Gasteiger partial charge in [0.15, 0.2) is 0 Å². The normalized spacial score (nSPS) is 11.5. The summed E-state index contributed by atoms with van der Waals surface area (Å²) in [6.45, 7) is 1.78. The first kappa shape index (κ1) is 21.9. The summed E-state index contributed by atoms with van der Waals surface area (Å²) in [5.41, 5.74) is 6.00. The van der Waals surface area contributed by atoms with Crippen LogP contribution in [0.3, 0.4) is 0 Å². The second kappa shape index (κ2) is 8.01. The minimum Gasteiger partial charge on any atom is -0.354 e. The number of fused-ring (bicyclic) bond motifs is 1. The predicted molar refractivity (Wildman–Crippen MR) is 115 cm³/mol. The van der Waals surface area contributed by atoms with Crippen molar-refractivity contribution in [3.05, 3.63) is 82.0 Å². The molecule has 168 valence electrons. The Labute approximate surface area is 185 Å². The Bertz CT molecular complexity index is 1460. The molecule has 8 nitrogen and oxygen atoms in total. The van der Waals surface area contributed by atoms with Crippen LogP contribution < -0.4 is 21.3 Å². The Hall–Kier alpha value is -4.28. The Morgan fingerprint density at radius 3 is 2.67 bits per heavy atom. The molecule has 4 rings (SSSR count). The van der Waals surface area contributed by atoms with E-state index in [2.05, 4.69) is 15.3 Å². The van der Waals surface area contributed by atoms with Crippen molar-refractivity contribution in [2.24, 2.45) is 7.05 Å². The molecule has 0 bridgehead atoms. The van der Waals surface area contributed by atoms with Gasteiger partial charge >= 0.3 is 11.9 Å². The molecule has 2 heterocycles. The van der Waals surface area contributed by atoms with Crippen LogP contribution in [0.15, 0.2) is 59.7 Å². The van der Waals surface area contributed by atoms with E-state index in [1.807, 2.05) is 0 Å². The third-order valence-corrected chi connectivity index (χ3v) is 5.07. The predicted octanol–water partition coefficient (Wildman–Crippen LogP) is 2.77. The van der Waals surface area contributed by atoms with Gasteiger partial charge in [-0.25, -0.2) is 9.78 Å². The first-order chi connectivity index (χ1) is 15.5. The molecule has 3 N–H and O–H groups in total. The van der Waals surface area contributed by atoms with Gasteiger partial charge in [-0.1, -0.05) is 17.1 Å². The summed E-state index contributed by atoms with van der Waals surface area (Å²) in [5.74, 6) is -0.679. The molecule has 1 amide bonds. The first-order valence-corrected chi connectivity index (χ1v) is 9.68. The smallest absolute Gasteiger partial charge is 0.354 e. The second-order valence-corrected chi connectivity index (χ2v) is 7.38. The van der Waals surface area contributed by atoms with Gasteiger partial charge in [-0.05, 0) is 36.8 Å². The Kier molecular flexibility index (Phi) is 5.32. The van der Waals surface area contributed by atoms with Gasteiger partial charge < -0.3 is 11.1 Å². The zero-order valence-corrected chi connectivity index (χ0v) is 17.5. The summed E-state index contributed by atoms with van der Waals surface area (Å²) in [6.07, 6.45) is -1.52. The number of rotatable bonds is 3. The van der Waals surface area contributed by atoms with Crippen LogP contribution >= 0.6 is 0 Å². The molecular formula is C22H18F3N6O2+. The SMILES string of the molecule is Cc1ccc(NC(=O)c2cccc(C(F)(F)F)c2)cc1-n1cc2cnc(N)nc2[n+](C)c1=O. The number of nitrogens with zero attached hydrogens (tertiary/aromatic N) is 4. The minimum atomic E-state index is -4.56. The lowest BCUT2D eigenvalue weighted by atomic mass is 10.1. The number of halogens is 3. The van der Waals surface area contributed by atoms with Gasteiger partial charge in [0, 0.05) is 23.5 Å². The maximum absolute atomic E-state index is 13.0. The molecule has 11 heteroatoms. The zero-order valence-electron chi connectivity index (χ0n) is 17.5. The van der Waals surface area contributed by atoms with Crippen LogP contribution in [0.25, 0.3) is 16.7 Å². The van der Waals surface area contributed by atoms with Crippen LogP contribution in [-0.4, -0.2) is 20.4 Å². The molecule has 2 aromatic carbocycles. The number of nitrogen functional groups attached to an aromatic ring is 1. The fourth-order valence-corrected chi connectivity index (χ4v) is 3.36. The number of nitrogens with two attached hydrogens (primary N) is 1. The second-order valence-electron chi connectivity index (χ2n) is 7.38. The molecule has 4 aromatic rings. The Morgan fingerprint density at radius 1 is 1.18 bits per heavy atom. The van der Waals surface area contributed by atoms with E-state index in [9.17, 15) is 22.8 Å². The highest BCUT2D eigenvalue weighted by molar-refractivity contribution is 6.04. The van der Waals surface area contributed by atoms with Gasteiger partial charge in [-0.3, -0.25) is 4.79 Å². The third-order valence-electron chi connectivity index (χ3n) is 5.07. The maximum atomic E-state index is 13.0. The number of carbonyl (C=O) groups is 1. The number of carbonyl (C=O) groups excluding carboxylic acids is 1. The number of amides is 1. The van der Waals surface area contributed by atoms with Crippen molar-refractivity contribution < 1.29 is 22.5 Å². The van der Waals surface area contributed by atoms with Crippen molar-refractivity contribution >= 4 is 28.6 Å². The van der Waals surface area contributed by atoms with E-state index in [1.165, 1.54) is 27.5 Å². The van der Waals surface area contributed by atoms with Crippen LogP contribution in [0.2, 0.25) is 0 Å². The molecule has 0 saturated heterocycles. The van der Waals surface area contributed by atoms with Gasteiger partial charge in [0.25, 0.3) is 17.5 Å². The van der Waals surface area contributed by atoms with E-state index in [-0.39, 0.29) is 11.5 Å². The lowest BCUT2D eigenvalue weighted by Gasteiger charge is -2.12. The number of aromatic nitrogens is 4. The summed E-state index contributed by atoms with van der Waals surface area (Å²) in [5, 5.41) is 3.14. The van der Waals surface area contributed by atoms with Gasteiger partial charge in [0.05, 0.1) is 18.8 Å². The molecule has 33 heavy (non-hydrogen) atoms. The van der Waals surface area contributed by atoms with Crippen LogP contribution in [0.4, 0.5) is 24.8 Å². The molecule has 0 aliphatic heterocycles. The lowest BCUT2D eigenvalue weighted by Crippen LogP contribution is -2.52. The van der Waals surface area contributed by atoms with Gasteiger partial charge in [0.1, 0.15) is 11.1 Å². The van der Waals surface area contributed by atoms with Crippen LogP contribution in [-0.2, 0) is 13.2 Å². The van der Waals surface area contributed by atoms with Crippen molar-refractivity contribution in [3.8, 4) is 5.69 Å². The van der Waals surface area contributed by atoms with E-state index < -0.39 is 23.3 Å². The van der Waals surface area contributed by atoms with Crippen molar-refractivity contribution in [1.82, 2.24) is 14.5 Å². The third kappa shape index (κ3) is 4.25. The van der Waals surface area contributed by atoms with E-state index in [0.717, 1.165) is 17.7 Å². The highest BCUT2D eigenvalue weighted by Crippen LogP contribution is 2.29. The van der Waals surface area contributed by atoms with Gasteiger partial charge in [-0.15, -0.1) is 0 Å². The highest BCUT2D eigenvalue weighted by atomic mass is 19.4. The first-order valence-electron chi connectivity index (χ1n) is 9.68. The Morgan fingerprint density at radius 2 is 1.94 bits per heavy atom. The summed E-state index contributed by atoms with van der Waals surface area (Å²) in [4.78, 5) is 33.6. The molecule has 0 atom stereocenters. The summed E-state index contributed by atoms with van der Waals surface area (Å²) in [6, 6.07) is 8.98. The van der Waals surface area contributed by atoms with Crippen LogP contribution in [0.5, 0.6) is 0 Å². The number of benzene rings is 2. The number of aryl methyl sites for hydroxylation is 2. The maximum Gasteiger partial charge on any atom is 0.448 e. The van der Waals surface area contributed by atoms with Gasteiger partial charge in [-0.2, -0.15) is 22.3 Å². The zero-order chi connectivity index (χ0) is 23.9. The molecule has 0 saturated carbocycles. The highest BCUT2D eigenvalue weighted by Gasteiger charge is 2.31. The minimum absolute atomic E-state index is 0.0331. The monoisotopic (exact) mass is 455 g/mol. The van der Waals surface area contributed by atoms with E-state index in [1.54, 1.807) is 38.4 Å². The number of nitrogens with one attached hydrogen (secondary N) is 1. The number of hydrogen-bond acceptors (Lipinski definition) is 5. The Balaban J connectivity index is 1.73. The van der Waals surface area contributed by atoms with E-state index in [0.29, 0.717) is 22.4 Å². The largest absolute Gasteiger partial charge is 0.448 e. The van der Waals surface area contributed by atoms with Crippen molar-refractivity contribution in [3.63, 3.8) is 0 Å². The quantitative estimate of drug-likeness (QED) is 0.462. The molecule has 2 aromatic heterocycles. The van der Waals surface area contributed by atoms with Gasteiger partial charge in [0.2, 0.25) is 0 Å². The van der Waals surface area contributed by atoms with Crippen LogP contribution in [0, 0.1) is 6.92 Å².